The van der Waals surface area contributed by atoms with Gasteiger partial charge in [0.05, 0.1) is 11.0 Å². The molecule has 0 aliphatic heterocycles. The lowest BCUT2D eigenvalue weighted by atomic mass is 10.1. The number of fused-ring (bicyclic) bond motifs is 1. The zero-order chi connectivity index (χ0) is 32.3. The van der Waals surface area contributed by atoms with Crippen molar-refractivity contribution < 1.29 is 9.59 Å². The first kappa shape index (κ1) is 33.9. The third-order valence-corrected chi connectivity index (χ3v) is 8.33. The van der Waals surface area contributed by atoms with Crippen molar-refractivity contribution in [2.24, 2.45) is 11.8 Å². The summed E-state index contributed by atoms with van der Waals surface area (Å²) in [6, 6.07) is 24.0. The van der Waals surface area contributed by atoms with E-state index in [9.17, 15) is 9.59 Å². The van der Waals surface area contributed by atoms with Crippen LogP contribution in [0.1, 0.15) is 80.2 Å². The molecule has 0 saturated carbocycles. The van der Waals surface area contributed by atoms with Crippen LogP contribution in [-0.4, -0.2) is 64.3 Å². The number of hydrogen-bond acceptors (Lipinski definition) is 5. The number of carbonyl (C=O) groups is 2. The van der Waals surface area contributed by atoms with E-state index in [2.05, 4.69) is 79.9 Å². The third kappa shape index (κ3) is 10.0. The van der Waals surface area contributed by atoms with Crippen LogP contribution in [-0.2, 0) is 13.0 Å². The van der Waals surface area contributed by atoms with Gasteiger partial charge in [-0.1, -0.05) is 58.0 Å². The number of aromatic nitrogens is 2. The Balaban J connectivity index is 1.57. The van der Waals surface area contributed by atoms with Crippen molar-refractivity contribution in [2.45, 2.75) is 66.8 Å². The molecule has 4 rings (SSSR count). The van der Waals surface area contributed by atoms with Crippen LogP contribution >= 0.6 is 0 Å². The molecule has 0 aliphatic rings. The normalized spacial score (nSPS) is 11.6. The number of nitrogens with zero attached hydrogens (tertiary/aromatic N) is 4. The van der Waals surface area contributed by atoms with Gasteiger partial charge in [-0.2, -0.15) is 0 Å². The highest BCUT2D eigenvalue weighted by Gasteiger charge is 2.19. The number of rotatable bonds is 17. The molecule has 0 aliphatic carbocycles. The molecule has 0 fully saturated rings. The number of likely N-dealkylation sites (N-methyl/N-ethyl adjacent to an activating group) is 1. The van der Waals surface area contributed by atoms with Crippen LogP contribution in [0.5, 0.6) is 0 Å². The van der Waals surface area contributed by atoms with E-state index in [0.717, 1.165) is 81.1 Å². The predicted molar refractivity (Wildman–Crippen MR) is 187 cm³/mol. The first-order chi connectivity index (χ1) is 21.6. The molecule has 0 atom stereocenters. The first-order valence-electron chi connectivity index (χ1n) is 16.5. The molecule has 1 aromatic heterocycles. The van der Waals surface area contributed by atoms with Gasteiger partial charge in [0.25, 0.3) is 5.91 Å². The average Bonchev–Trinajstić information content (AvgIpc) is 3.36. The maximum absolute atomic E-state index is 13.8. The molecular formula is C38H51N5O2. The first-order valence-corrected chi connectivity index (χ1v) is 16.5. The van der Waals surface area contributed by atoms with Gasteiger partial charge >= 0.3 is 0 Å². The van der Waals surface area contributed by atoms with Crippen LogP contribution in [0.4, 0.5) is 11.6 Å². The second-order valence-electron chi connectivity index (χ2n) is 13.1. The van der Waals surface area contributed by atoms with Gasteiger partial charge in [-0.15, -0.1) is 0 Å². The molecule has 45 heavy (non-hydrogen) atoms. The minimum Gasteiger partial charge on any atom is -0.339 e. The van der Waals surface area contributed by atoms with Gasteiger partial charge in [-0.25, -0.2) is 4.98 Å². The van der Waals surface area contributed by atoms with E-state index < -0.39 is 0 Å². The second-order valence-corrected chi connectivity index (χ2v) is 13.1. The van der Waals surface area contributed by atoms with Gasteiger partial charge in [0.15, 0.2) is 5.78 Å². The fourth-order valence-electron chi connectivity index (χ4n) is 5.40. The number of anilines is 2. The van der Waals surface area contributed by atoms with E-state index in [0.29, 0.717) is 23.0 Å². The van der Waals surface area contributed by atoms with E-state index in [1.807, 2.05) is 47.4 Å². The fourth-order valence-corrected chi connectivity index (χ4v) is 5.40. The molecule has 1 heterocycles. The number of carbonyl (C=O) groups excluding carboxylic acids is 2. The quantitative estimate of drug-likeness (QED) is 0.123. The van der Waals surface area contributed by atoms with Crippen molar-refractivity contribution in [1.29, 1.82) is 0 Å². The highest BCUT2D eigenvalue weighted by Crippen LogP contribution is 2.26. The maximum Gasteiger partial charge on any atom is 0.253 e. The lowest BCUT2D eigenvalue weighted by Gasteiger charge is -2.25. The van der Waals surface area contributed by atoms with Gasteiger partial charge in [0.2, 0.25) is 5.95 Å². The minimum absolute atomic E-state index is 0.0400. The van der Waals surface area contributed by atoms with Crippen molar-refractivity contribution in [1.82, 2.24) is 19.4 Å². The molecule has 4 aromatic rings. The number of hydrogen-bond donors (Lipinski definition) is 1. The van der Waals surface area contributed by atoms with Crippen molar-refractivity contribution in [3.63, 3.8) is 0 Å². The summed E-state index contributed by atoms with van der Waals surface area (Å²) in [5.74, 6) is 1.92. The van der Waals surface area contributed by atoms with Crippen LogP contribution in [0.15, 0.2) is 72.8 Å². The molecule has 7 heteroatoms. The number of imidazole rings is 1. The van der Waals surface area contributed by atoms with Crippen LogP contribution in [0.2, 0.25) is 0 Å². The largest absolute Gasteiger partial charge is 0.339 e. The van der Waals surface area contributed by atoms with Gasteiger partial charge in [0, 0.05) is 43.0 Å². The summed E-state index contributed by atoms with van der Waals surface area (Å²) in [4.78, 5) is 35.0. The predicted octanol–water partition coefficient (Wildman–Crippen LogP) is 8.08. The Morgan fingerprint density at radius 2 is 1.47 bits per heavy atom. The molecule has 1 amide bonds. The monoisotopic (exact) mass is 609 g/mol. The Morgan fingerprint density at radius 3 is 2.09 bits per heavy atom. The van der Waals surface area contributed by atoms with Crippen LogP contribution in [0.3, 0.4) is 0 Å². The number of Topliss-reactive ketones (excluding diaryl/α,β-unsaturated/α-hetero) is 1. The third-order valence-electron chi connectivity index (χ3n) is 8.33. The summed E-state index contributed by atoms with van der Waals surface area (Å²) in [6.45, 7) is 14.6. The summed E-state index contributed by atoms with van der Waals surface area (Å²) in [7, 11) is 2.17. The van der Waals surface area contributed by atoms with Gasteiger partial charge < -0.3 is 19.7 Å². The Morgan fingerprint density at radius 1 is 0.822 bits per heavy atom. The van der Waals surface area contributed by atoms with Crippen molar-refractivity contribution >= 4 is 34.4 Å². The Kier molecular flexibility index (Phi) is 12.3. The van der Waals surface area contributed by atoms with Crippen molar-refractivity contribution in [2.75, 3.05) is 38.5 Å². The van der Waals surface area contributed by atoms with Crippen molar-refractivity contribution in [3.8, 4) is 0 Å². The molecule has 0 spiro atoms. The summed E-state index contributed by atoms with van der Waals surface area (Å²) in [5, 5.41) is 3.48. The molecule has 0 radical (unpaired) electrons. The lowest BCUT2D eigenvalue weighted by molar-refractivity contribution is 0.0740. The number of amides is 1. The number of nitrogens with one attached hydrogen (secondary N) is 1. The highest BCUT2D eigenvalue weighted by molar-refractivity contribution is 5.98. The molecule has 0 bridgehead atoms. The molecule has 3 aromatic carbocycles. The Bertz CT molecular complexity index is 1510. The SMILES string of the molecule is CC(=O)c1ccc(Nc2nc3ccc(C(=O)N(CCC(C)C)CCC(C)C)cc3n2CCCN(C)CCc2ccccc2)cc1. The summed E-state index contributed by atoms with van der Waals surface area (Å²) in [5.41, 5.74) is 5.39. The molecule has 0 unspecified atom stereocenters. The Hall–Kier alpha value is -3.97. The smallest absolute Gasteiger partial charge is 0.253 e. The second kappa shape index (κ2) is 16.4. The van der Waals surface area contributed by atoms with E-state index in [1.54, 1.807) is 6.92 Å². The number of aryl methyl sites for hydroxylation is 1. The number of benzene rings is 3. The van der Waals surface area contributed by atoms with E-state index in [1.165, 1.54) is 5.56 Å². The molecule has 240 valence electrons. The summed E-state index contributed by atoms with van der Waals surface area (Å²) < 4.78 is 2.20. The van der Waals surface area contributed by atoms with Crippen molar-refractivity contribution in [3.05, 3.63) is 89.5 Å². The minimum atomic E-state index is 0.0400. The number of ketones is 1. The molecule has 7 nitrogen and oxygen atoms in total. The maximum atomic E-state index is 13.8. The van der Waals surface area contributed by atoms with E-state index in [-0.39, 0.29) is 11.7 Å². The Labute approximate surface area is 269 Å². The van der Waals surface area contributed by atoms with Crippen LogP contribution in [0.25, 0.3) is 11.0 Å². The molecule has 1 N–H and O–H groups in total. The molecular weight excluding hydrogens is 558 g/mol. The topological polar surface area (TPSA) is 70.5 Å². The zero-order valence-electron chi connectivity index (χ0n) is 28.1. The standard InChI is InChI=1S/C38H51N5O2/c1-28(2)19-25-42(26-20-29(3)4)37(45)33-15-18-35-36(27-33)43(23-10-22-41(6)24-21-31-11-8-7-9-12-31)38(40-35)39-34-16-13-32(14-17-34)30(5)44/h7-9,11-18,27-29H,10,19-26H2,1-6H3,(H,39,40). The lowest BCUT2D eigenvalue weighted by Crippen LogP contribution is -2.34. The van der Waals surface area contributed by atoms with E-state index >= 15 is 0 Å². The summed E-state index contributed by atoms with van der Waals surface area (Å²) >= 11 is 0. The van der Waals surface area contributed by atoms with Gasteiger partial charge in [0.1, 0.15) is 0 Å². The van der Waals surface area contributed by atoms with Crippen LogP contribution in [0, 0.1) is 11.8 Å². The molecule has 0 saturated heterocycles. The zero-order valence-corrected chi connectivity index (χ0v) is 28.1. The fraction of sp³-hybridized carbons (Fsp3) is 0.447. The van der Waals surface area contributed by atoms with Crippen LogP contribution < -0.4 is 5.32 Å². The van der Waals surface area contributed by atoms with Gasteiger partial charge in [-0.3, -0.25) is 9.59 Å². The highest BCUT2D eigenvalue weighted by atomic mass is 16.2. The summed E-state index contributed by atoms with van der Waals surface area (Å²) in [6.07, 6.45) is 3.92. The average molecular weight is 610 g/mol. The van der Waals surface area contributed by atoms with E-state index in [4.69, 9.17) is 4.98 Å². The van der Waals surface area contributed by atoms with Gasteiger partial charge in [-0.05, 0) is 106 Å².